The summed E-state index contributed by atoms with van der Waals surface area (Å²) in [6, 6.07) is 3.97. The SMILES string of the molecule is CC(=O)NCC(=O)Nc1cc(Cl)cc(C(=O)O)c1. The van der Waals surface area contributed by atoms with Crippen molar-refractivity contribution in [3.63, 3.8) is 0 Å². The van der Waals surface area contributed by atoms with Gasteiger partial charge in [0, 0.05) is 17.6 Å². The lowest BCUT2D eigenvalue weighted by molar-refractivity contribution is -0.122. The Morgan fingerprint density at radius 2 is 1.94 bits per heavy atom. The van der Waals surface area contributed by atoms with Gasteiger partial charge in [-0.15, -0.1) is 0 Å². The number of carboxylic acids is 1. The standard InChI is InChI=1S/C11H11ClN2O4/c1-6(15)13-5-10(16)14-9-3-7(11(17)18)2-8(12)4-9/h2-4H,5H2,1H3,(H,13,15)(H,14,16)(H,17,18). The number of aromatic carboxylic acids is 1. The molecule has 0 heterocycles. The molecule has 0 aliphatic heterocycles. The molecule has 7 heteroatoms. The smallest absolute Gasteiger partial charge is 0.335 e. The first-order chi connectivity index (χ1) is 8.38. The van der Waals surface area contributed by atoms with E-state index in [1.165, 1.54) is 25.1 Å². The monoisotopic (exact) mass is 270 g/mol. The fourth-order valence-electron chi connectivity index (χ4n) is 1.20. The van der Waals surface area contributed by atoms with Crippen LogP contribution in [0, 0.1) is 0 Å². The van der Waals surface area contributed by atoms with Crippen molar-refractivity contribution in [2.24, 2.45) is 0 Å². The van der Waals surface area contributed by atoms with Gasteiger partial charge in [0.25, 0.3) is 0 Å². The third-order valence-electron chi connectivity index (χ3n) is 1.93. The molecule has 0 spiro atoms. The zero-order chi connectivity index (χ0) is 13.7. The minimum atomic E-state index is -1.14. The normalized spacial score (nSPS) is 9.67. The molecule has 0 aliphatic carbocycles. The first-order valence-corrected chi connectivity index (χ1v) is 5.34. The summed E-state index contributed by atoms with van der Waals surface area (Å²) in [5.74, 6) is -1.94. The summed E-state index contributed by atoms with van der Waals surface area (Å²) in [6.45, 7) is 1.10. The van der Waals surface area contributed by atoms with Crippen molar-refractivity contribution in [3.8, 4) is 0 Å². The highest BCUT2D eigenvalue weighted by molar-refractivity contribution is 6.31. The Kier molecular flexibility index (Phi) is 4.67. The van der Waals surface area contributed by atoms with Crippen molar-refractivity contribution >= 4 is 35.1 Å². The van der Waals surface area contributed by atoms with Gasteiger partial charge in [-0.05, 0) is 18.2 Å². The van der Waals surface area contributed by atoms with Gasteiger partial charge in [-0.25, -0.2) is 4.79 Å². The number of halogens is 1. The van der Waals surface area contributed by atoms with Crippen molar-refractivity contribution in [1.29, 1.82) is 0 Å². The van der Waals surface area contributed by atoms with E-state index >= 15 is 0 Å². The molecule has 0 aromatic heterocycles. The molecule has 3 N–H and O–H groups in total. The molecule has 96 valence electrons. The number of rotatable bonds is 4. The van der Waals surface area contributed by atoms with Crippen molar-refractivity contribution in [3.05, 3.63) is 28.8 Å². The summed E-state index contributed by atoms with van der Waals surface area (Å²) >= 11 is 5.72. The zero-order valence-electron chi connectivity index (χ0n) is 9.49. The molecule has 1 aromatic rings. The van der Waals surface area contributed by atoms with Crippen LogP contribution in [-0.4, -0.2) is 29.4 Å². The predicted octanol–water partition coefficient (Wildman–Crippen LogP) is 1.11. The number of hydrogen-bond acceptors (Lipinski definition) is 3. The number of carbonyl (C=O) groups excluding carboxylic acids is 2. The Morgan fingerprint density at radius 3 is 2.50 bits per heavy atom. The number of nitrogens with one attached hydrogen (secondary N) is 2. The number of hydrogen-bond donors (Lipinski definition) is 3. The van der Waals surface area contributed by atoms with Gasteiger partial charge in [-0.1, -0.05) is 11.6 Å². The summed E-state index contributed by atoms with van der Waals surface area (Å²) in [6.07, 6.45) is 0. The quantitative estimate of drug-likeness (QED) is 0.764. The first-order valence-electron chi connectivity index (χ1n) is 4.96. The minimum Gasteiger partial charge on any atom is -0.478 e. The minimum absolute atomic E-state index is 0.0303. The lowest BCUT2D eigenvalue weighted by Gasteiger charge is -2.07. The van der Waals surface area contributed by atoms with Crippen LogP contribution in [0.2, 0.25) is 5.02 Å². The second-order valence-electron chi connectivity index (χ2n) is 3.49. The Balaban J connectivity index is 2.75. The molecular formula is C11H11ClN2O4. The number of carboxylic acid groups (broad SMARTS) is 1. The fourth-order valence-corrected chi connectivity index (χ4v) is 1.43. The van der Waals surface area contributed by atoms with E-state index in [2.05, 4.69) is 10.6 Å². The molecule has 1 aromatic carbocycles. The number of anilines is 1. The van der Waals surface area contributed by atoms with Crippen LogP contribution < -0.4 is 10.6 Å². The van der Waals surface area contributed by atoms with Crippen LogP contribution in [-0.2, 0) is 9.59 Å². The molecule has 0 bridgehead atoms. The highest BCUT2D eigenvalue weighted by atomic mass is 35.5. The number of benzene rings is 1. The molecule has 2 amide bonds. The van der Waals surface area contributed by atoms with E-state index in [1.807, 2.05) is 0 Å². The summed E-state index contributed by atoms with van der Waals surface area (Å²) in [5, 5.41) is 13.8. The molecule has 0 unspecified atom stereocenters. The zero-order valence-corrected chi connectivity index (χ0v) is 10.2. The lowest BCUT2D eigenvalue weighted by Crippen LogP contribution is -2.31. The highest BCUT2D eigenvalue weighted by Crippen LogP contribution is 2.19. The van der Waals surface area contributed by atoms with Gasteiger partial charge >= 0.3 is 5.97 Å². The molecule has 0 aliphatic rings. The fraction of sp³-hybridized carbons (Fsp3) is 0.182. The van der Waals surface area contributed by atoms with Crippen molar-refractivity contribution in [1.82, 2.24) is 5.32 Å². The average molecular weight is 271 g/mol. The van der Waals surface area contributed by atoms with Crippen LogP contribution in [0.1, 0.15) is 17.3 Å². The lowest BCUT2D eigenvalue weighted by atomic mass is 10.2. The van der Waals surface area contributed by atoms with E-state index in [-0.39, 0.29) is 28.7 Å². The second-order valence-corrected chi connectivity index (χ2v) is 3.93. The van der Waals surface area contributed by atoms with E-state index in [0.29, 0.717) is 0 Å². The van der Waals surface area contributed by atoms with Gasteiger partial charge in [-0.2, -0.15) is 0 Å². The Labute approximate surface area is 108 Å². The molecule has 0 saturated carbocycles. The molecule has 0 fully saturated rings. The predicted molar refractivity (Wildman–Crippen MR) is 65.7 cm³/mol. The maximum absolute atomic E-state index is 11.4. The molecule has 6 nitrogen and oxygen atoms in total. The van der Waals surface area contributed by atoms with Crippen molar-refractivity contribution in [2.45, 2.75) is 6.92 Å². The van der Waals surface area contributed by atoms with E-state index in [0.717, 1.165) is 0 Å². The summed E-state index contributed by atoms with van der Waals surface area (Å²) < 4.78 is 0. The Hall–Kier alpha value is -2.08. The summed E-state index contributed by atoms with van der Waals surface area (Å²) in [7, 11) is 0. The van der Waals surface area contributed by atoms with Crippen LogP contribution in [0.25, 0.3) is 0 Å². The van der Waals surface area contributed by atoms with Crippen LogP contribution >= 0.6 is 11.6 Å². The maximum atomic E-state index is 11.4. The number of carbonyl (C=O) groups is 3. The largest absolute Gasteiger partial charge is 0.478 e. The molecule has 0 saturated heterocycles. The number of amides is 2. The van der Waals surface area contributed by atoms with E-state index in [9.17, 15) is 14.4 Å². The molecular weight excluding hydrogens is 260 g/mol. The maximum Gasteiger partial charge on any atom is 0.335 e. The highest BCUT2D eigenvalue weighted by Gasteiger charge is 2.08. The summed E-state index contributed by atoms with van der Waals surface area (Å²) in [4.78, 5) is 32.8. The van der Waals surface area contributed by atoms with E-state index in [4.69, 9.17) is 16.7 Å². The molecule has 0 atom stereocenters. The van der Waals surface area contributed by atoms with Gasteiger partial charge < -0.3 is 15.7 Å². The Bertz CT molecular complexity index is 502. The molecule has 1 rings (SSSR count). The van der Waals surface area contributed by atoms with Gasteiger partial charge in [-0.3, -0.25) is 9.59 Å². The van der Waals surface area contributed by atoms with Crippen molar-refractivity contribution < 1.29 is 19.5 Å². The van der Waals surface area contributed by atoms with Gasteiger partial charge in [0.05, 0.1) is 12.1 Å². The van der Waals surface area contributed by atoms with Crippen LogP contribution in [0.15, 0.2) is 18.2 Å². The topological polar surface area (TPSA) is 95.5 Å². The summed E-state index contributed by atoms with van der Waals surface area (Å²) in [5.41, 5.74) is 0.229. The average Bonchev–Trinajstić information content (AvgIpc) is 2.25. The van der Waals surface area contributed by atoms with Gasteiger partial charge in [0.15, 0.2) is 0 Å². The van der Waals surface area contributed by atoms with Crippen LogP contribution in [0.5, 0.6) is 0 Å². The van der Waals surface area contributed by atoms with E-state index in [1.54, 1.807) is 0 Å². The Morgan fingerprint density at radius 1 is 1.28 bits per heavy atom. The van der Waals surface area contributed by atoms with Crippen LogP contribution in [0.3, 0.4) is 0 Å². The van der Waals surface area contributed by atoms with Crippen molar-refractivity contribution in [2.75, 3.05) is 11.9 Å². The first kappa shape index (κ1) is 14.0. The van der Waals surface area contributed by atoms with Gasteiger partial charge in [0.1, 0.15) is 0 Å². The third kappa shape index (κ3) is 4.42. The molecule has 18 heavy (non-hydrogen) atoms. The molecule has 0 radical (unpaired) electrons. The van der Waals surface area contributed by atoms with Gasteiger partial charge in [0.2, 0.25) is 11.8 Å². The second kappa shape index (κ2) is 6.02. The third-order valence-corrected chi connectivity index (χ3v) is 2.14. The van der Waals surface area contributed by atoms with Crippen LogP contribution in [0.4, 0.5) is 5.69 Å². The van der Waals surface area contributed by atoms with E-state index < -0.39 is 11.9 Å².